The summed E-state index contributed by atoms with van der Waals surface area (Å²) in [4.78, 5) is 25.1. The van der Waals surface area contributed by atoms with E-state index >= 15 is 0 Å². The van der Waals surface area contributed by atoms with Crippen LogP contribution in [0.5, 0.6) is 11.5 Å². The predicted octanol–water partition coefficient (Wildman–Crippen LogP) is 6.23. The second kappa shape index (κ2) is 10.2. The number of carbonyl (C=O) groups excluding carboxylic acids is 2. The topological polar surface area (TPSA) is 112 Å². The maximum absolute atomic E-state index is 13.0. The van der Waals surface area contributed by atoms with Crippen molar-refractivity contribution >= 4 is 51.2 Å². The number of fused-ring (bicyclic) bond motifs is 1. The summed E-state index contributed by atoms with van der Waals surface area (Å²) < 4.78 is 5.33. The highest BCUT2D eigenvalue weighted by atomic mass is 35.5. The molecule has 0 bridgehead atoms. The number of azo groups is 1. The van der Waals surface area contributed by atoms with Gasteiger partial charge in [-0.05, 0) is 47.9 Å². The summed E-state index contributed by atoms with van der Waals surface area (Å²) in [5.74, 6) is -0.781. The number of ether oxygens (including phenoxy) is 1. The molecule has 0 fully saturated rings. The lowest BCUT2D eigenvalue weighted by Gasteiger charge is -2.11. The third-order valence-electron chi connectivity index (χ3n) is 5.25. The third kappa shape index (κ3) is 5.07. The highest BCUT2D eigenvalue weighted by Crippen LogP contribution is 2.40. The summed E-state index contributed by atoms with van der Waals surface area (Å²) in [6.45, 7) is 0. The van der Waals surface area contributed by atoms with Gasteiger partial charge in [0, 0.05) is 28.7 Å². The number of rotatable bonds is 6. The SMILES string of the molecule is CNC(=O)c1ccc(OC)c(/N=N/c2c(O)c(C(=O)Nc3cccc(Cl)c3)cc3ccccc23)c1. The van der Waals surface area contributed by atoms with Gasteiger partial charge < -0.3 is 20.5 Å². The van der Waals surface area contributed by atoms with Crippen molar-refractivity contribution in [2.75, 3.05) is 19.5 Å². The Labute approximate surface area is 206 Å². The third-order valence-corrected chi connectivity index (χ3v) is 5.48. The highest BCUT2D eigenvalue weighted by Gasteiger charge is 2.19. The van der Waals surface area contributed by atoms with E-state index in [9.17, 15) is 14.7 Å². The van der Waals surface area contributed by atoms with Gasteiger partial charge in [-0.25, -0.2) is 0 Å². The Kier molecular flexibility index (Phi) is 6.93. The molecule has 8 nitrogen and oxygen atoms in total. The lowest BCUT2D eigenvalue weighted by atomic mass is 10.0. The van der Waals surface area contributed by atoms with Crippen molar-refractivity contribution in [2.24, 2.45) is 10.2 Å². The normalized spacial score (nSPS) is 10.9. The van der Waals surface area contributed by atoms with Crippen LogP contribution in [-0.2, 0) is 0 Å². The molecule has 4 aromatic carbocycles. The lowest BCUT2D eigenvalue weighted by Crippen LogP contribution is -2.17. The number of halogens is 1. The number of hydrogen-bond acceptors (Lipinski definition) is 6. The molecule has 0 unspecified atom stereocenters. The summed E-state index contributed by atoms with van der Waals surface area (Å²) in [6.07, 6.45) is 0. The average Bonchev–Trinajstić information content (AvgIpc) is 2.87. The van der Waals surface area contributed by atoms with Crippen molar-refractivity contribution in [2.45, 2.75) is 0 Å². The molecule has 0 aromatic heterocycles. The maximum Gasteiger partial charge on any atom is 0.259 e. The fourth-order valence-electron chi connectivity index (χ4n) is 3.51. The minimum Gasteiger partial charge on any atom is -0.505 e. The van der Waals surface area contributed by atoms with Gasteiger partial charge in [-0.15, -0.1) is 10.2 Å². The number of nitrogens with zero attached hydrogens (tertiary/aromatic N) is 2. The van der Waals surface area contributed by atoms with Gasteiger partial charge in [0.2, 0.25) is 0 Å². The Bertz CT molecular complexity index is 1470. The van der Waals surface area contributed by atoms with Crippen LogP contribution in [0.1, 0.15) is 20.7 Å². The van der Waals surface area contributed by atoms with Gasteiger partial charge >= 0.3 is 0 Å². The van der Waals surface area contributed by atoms with Crippen LogP contribution in [0.2, 0.25) is 5.02 Å². The number of benzene rings is 4. The van der Waals surface area contributed by atoms with Gasteiger partial charge in [0.05, 0.1) is 12.7 Å². The Morgan fingerprint density at radius 2 is 1.74 bits per heavy atom. The molecule has 0 saturated heterocycles. The van der Waals surface area contributed by atoms with E-state index in [1.165, 1.54) is 20.2 Å². The minimum absolute atomic E-state index is 0.0173. The number of nitrogens with one attached hydrogen (secondary N) is 2. The van der Waals surface area contributed by atoms with Crippen molar-refractivity contribution in [3.63, 3.8) is 0 Å². The van der Waals surface area contributed by atoms with Crippen molar-refractivity contribution < 1.29 is 19.4 Å². The number of hydrogen-bond donors (Lipinski definition) is 3. The van der Waals surface area contributed by atoms with Crippen molar-refractivity contribution in [3.05, 3.63) is 88.9 Å². The summed E-state index contributed by atoms with van der Waals surface area (Å²) in [5.41, 5.74) is 1.25. The van der Waals surface area contributed by atoms with Crippen LogP contribution in [0.15, 0.2) is 83.0 Å². The van der Waals surface area contributed by atoms with Crippen molar-refractivity contribution in [3.8, 4) is 11.5 Å². The van der Waals surface area contributed by atoms with E-state index in [4.69, 9.17) is 16.3 Å². The first-order valence-corrected chi connectivity index (χ1v) is 10.9. The number of carbonyl (C=O) groups is 2. The zero-order valence-electron chi connectivity index (χ0n) is 18.9. The van der Waals surface area contributed by atoms with Crippen LogP contribution < -0.4 is 15.4 Å². The van der Waals surface area contributed by atoms with Crippen LogP contribution in [-0.4, -0.2) is 31.1 Å². The van der Waals surface area contributed by atoms with Crippen LogP contribution in [0.4, 0.5) is 17.1 Å². The first-order chi connectivity index (χ1) is 16.9. The Hall–Kier alpha value is -4.43. The number of phenols is 1. The van der Waals surface area contributed by atoms with Gasteiger partial charge in [-0.1, -0.05) is 41.9 Å². The first-order valence-electron chi connectivity index (χ1n) is 10.5. The molecule has 9 heteroatoms. The molecule has 2 amide bonds. The molecule has 0 heterocycles. The van der Waals surface area contributed by atoms with E-state index in [1.807, 2.05) is 6.07 Å². The standard InChI is InChI=1S/C26H21ClN4O4/c1-28-25(33)16-10-11-22(35-2)21(13-16)30-31-23-19-9-4-3-6-15(19)12-20(24(23)32)26(34)29-18-8-5-7-17(27)14-18/h3-14,32H,1-2H3,(H,28,33)(H,29,34)/b31-30+. The Morgan fingerprint density at radius 1 is 0.943 bits per heavy atom. The zero-order valence-corrected chi connectivity index (χ0v) is 19.6. The van der Waals surface area contributed by atoms with Crippen LogP contribution in [0, 0.1) is 0 Å². The molecule has 0 radical (unpaired) electrons. The van der Waals surface area contributed by atoms with Crippen LogP contribution in [0.25, 0.3) is 10.8 Å². The van der Waals surface area contributed by atoms with E-state index < -0.39 is 5.91 Å². The molecule has 4 rings (SSSR count). The summed E-state index contributed by atoms with van der Waals surface area (Å²) in [5, 5.41) is 26.6. The molecule has 0 aliphatic rings. The monoisotopic (exact) mass is 488 g/mol. The molecule has 3 N–H and O–H groups in total. The average molecular weight is 489 g/mol. The van der Waals surface area contributed by atoms with E-state index in [2.05, 4.69) is 20.9 Å². The predicted molar refractivity (Wildman–Crippen MR) is 136 cm³/mol. The van der Waals surface area contributed by atoms with E-state index in [1.54, 1.807) is 60.7 Å². The first kappa shape index (κ1) is 23.7. The van der Waals surface area contributed by atoms with Crippen molar-refractivity contribution in [1.29, 1.82) is 0 Å². The van der Waals surface area contributed by atoms with E-state index in [0.717, 1.165) is 0 Å². The lowest BCUT2D eigenvalue weighted by molar-refractivity contribution is 0.0962. The minimum atomic E-state index is -0.536. The highest BCUT2D eigenvalue weighted by molar-refractivity contribution is 6.31. The number of aromatic hydroxyl groups is 1. The van der Waals surface area contributed by atoms with Crippen LogP contribution >= 0.6 is 11.6 Å². The largest absolute Gasteiger partial charge is 0.505 e. The quantitative estimate of drug-likeness (QED) is 0.279. The number of methoxy groups -OCH3 is 1. The van der Waals surface area contributed by atoms with Gasteiger partial charge in [0.25, 0.3) is 11.8 Å². The number of phenolic OH excluding ortho intramolecular Hbond substituents is 1. The van der Waals surface area contributed by atoms with Gasteiger partial charge in [-0.3, -0.25) is 9.59 Å². The smallest absolute Gasteiger partial charge is 0.259 e. The molecule has 0 saturated carbocycles. The molecule has 0 spiro atoms. The molecular weight excluding hydrogens is 468 g/mol. The molecule has 176 valence electrons. The second-order valence-electron chi connectivity index (χ2n) is 7.47. The molecule has 0 aliphatic carbocycles. The zero-order chi connectivity index (χ0) is 24.9. The van der Waals surface area contributed by atoms with E-state index in [-0.39, 0.29) is 28.6 Å². The molecule has 35 heavy (non-hydrogen) atoms. The van der Waals surface area contributed by atoms with Gasteiger partial charge in [0.1, 0.15) is 17.1 Å². The number of anilines is 1. The second-order valence-corrected chi connectivity index (χ2v) is 7.91. The van der Waals surface area contributed by atoms with Gasteiger partial charge in [-0.2, -0.15) is 0 Å². The Morgan fingerprint density at radius 3 is 2.49 bits per heavy atom. The molecule has 4 aromatic rings. The molecule has 0 atom stereocenters. The maximum atomic E-state index is 13.0. The fourth-order valence-corrected chi connectivity index (χ4v) is 3.70. The molecule has 0 aliphatic heterocycles. The van der Waals surface area contributed by atoms with Crippen LogP contribution in [0.3, 0.4) is 0 Å². The summed E-state index contributed by atoms with van der Waals surface area (Å²) in [6, 6.07) is 20.2. The fraction of sp³-hybridized carbons (Fsp3) is 0.0769. The van der Waals surface area contributed by atoms with Crippen molar-refractivity contribution in [1.82, 2.24) is 5.32 Å². The number of amides is 2. The van der Waals surface area contributed by atoms with Gasteiger partial charge in [0.15, 0.2) is 5.75 Å². The summed E-state index contributed by atoms with van der Waals surface area (Å²) >= 11 is 6.01. The summed E-state index contributed by atoms with van der Waals surface area (Å²) in [7, 11) is 3.00. The Balaban J connectivity index is 1.79. The molecular formula is C26H21ClN4O4. The van der Waals surface area contributed by atoms with E-state index in [0.29, 0.717) is 32.8 Å².